The highest BCUT2D eigenvalue weighted by Crippen LogP contribution is 2.02. The van der Waals surface area contributed by atoms with Crippen LogP contribution in [0, 0.1) is 0 Å². The van der Waals surface area contributed by atoms with Crippen molar-refractivity contribution in [1.29, 1.82) is 0 Å². The van der Waals surface area contributed by atoms with Crippen LogP contribution in [-0.4, -0.2) is 36.1 Å². The van der Waals surface area contributed by atoms with Crippen LogP contribution < -0.4 is 5.11 Å². The number of hydrogen-bond donors (Lipinski definition) is 0. The third-order valence-electron chi connectivity index (χ3n) is 2.34. The molecule has 14 heavy (non-hydrogen) atoms. The van der Waals surface area contributed by atoms with E-state index in [1.165, 1.54) is 12.8 Å². The number of nitrogens with zero attached hydrogens (tertiary/aromatic N) is 1. The third kappa shape index (κ3) is 3.01. The van der Waals surface area contributed by atoms with Crippen LogP contribution in [0.3, 0.4) is 0 Å². The van der Waals surface area contributed by atoms with Gasteiger partial charge in [-0.2, -0.15) is 4.58 Å². The fourth-order valence-electron chi connectivity index (χ4n) is 1.58. The fraction of sp³-hybridized carbons (Fsp3) is 0.800. The van der Waals surface area contributed by atoms with Gasteiger partial charge in [0.2, 0.25) is 0 Å². The van der Waals surface area contributed by atoms with Gasteiger partial charge in [-0.15, -0.1) is 0 Å². The highest BCUT2D eigenvalue weighted by Gasteiger charge is 2.24. The van der Waals surface area contributed by atoms with Crippen LogP contribution in [0.4, 0.5) is 0 Å². The van der Waals surface area contributed by atoms with Crippen molar-refractivity contribution in [3.63, 3.8) is 0 Å². The number of rotatable bonds is 6. The van der Waals surface area contributed by atoms with E-state index in [4.69, 9.17) is 4.74 Å². The predicted octanol–water partition coefficient (Wildman–Crippen LogP) is -0.242. The number of hydrogen-bond acceptors (Lipinski definition) is 3. The number of carboxylic acid groups (broad SMARTS) is 1. The Morgan fingerprint density at radius 2 is 2.29 bits per heavy atom. The lowest BCUT2D eigenvalue weighted by molar-refractivity contribution is -0.520. The van der Waals surface area contributed by atoms with Crippen molar-refractivity contribution < 1.29 is 19.2 Å². The van der Waals surface area contributed by atoms with Gasteiger partial charge in [-0.1, -0.05) is 19.8 Å². The van der Waals surface area contributed by atoms with Crippen LogP contribution in [0.2, 0.25) is 0 Å². The standard InChI is InChI=1S/C10H17NO3/c1-2-3-4-5-6-11-7-8-14-9(11)10(12)13/h2-8H2,1H3. The molecule has 0 atom stereocenters. The van der Waals surface area contributed by atoms with E-state index in [1.54, 1.807) is 4.58 Å². The Kier molecular flexibility index (Phi) is 4.43. The Hall–Kier alpha value is -1.06. The lowest BCUT2D eigenvalue weighted by Gasteiger charge is -2.00. The first-order chi connectivity index (χ1) is 6.75. The van der Waals surface area contributed by atoms with Crippen LogP contribution in [-0.2, 0) is 9.53 Å². The number of ether oxygens (including phenoxy) is 1. The second kappa shape index (κ2) is 5.62. The van der Waals surface area contributed by atoms with Crippen LogP contribution in [0.1, 0.15) is 32.6 Å². The molecule has 0 amide bonds. The second-order valence-electron chi connectivity index (χ2n) is 3.49. The van der Waals surface area contributed by atoms with Crippen molar-refractivity contribution in [3.05, 3.63) is 0 Å². The molecule has 1 aliphatic heterocycles. The highest BCUT2D eigenvalue weighted by atomic mass is 16.5. The number of carboxylic acids is 1. The number of aliphatic carboxylic acids is 1. The zero-order valence-electron chi connectivity index (χ0n) is 8.62. The van der Waals surface area contributed by atoms with Crippen LogP contribution in [0.15, 0.2) is 0 Å². The monoisotopic (exact) mass is 199 g/mol. The highest BCUT2D eigenvalue weighted by molar-refractivity contribution is 6.28. The van der Waals surface area contributed by atoms with E-state index in [0.29, 0.717) is 13.2 Å². The number of carbonyl (C=O) groups excluding carboxylic acids is 1. The SMILES string of the molecule is CCCCCC[N+]1=C(C(=O)[O-])OCC1. The molecule has 1 aliphatic rings. The van der Waals surface area contributed by atoms with E-state index in [1.807, 2.05) is 0 Å². The quantitative estimate of drug-likeness (QED) is 0.438. The van der Waals surface area contributed by atoms with E-state index in [2.05, 4.69) is 6.92 Å². The van der Waals surface area contributed by atoms with E-state index >= 15 is 0 Å². The van der Waals surface area contributed by atoms with E-state index in [-0.39, 0.29) is 5.90 Å². The van der Waals surface area contributed by atoms with E-state index in [0.717, 1.165) is 19.4 Å². The molecule has 0 bridgehead atoms. The molecule has 0 aromatic rings. The molecule has 0 fully saturated rings. The molecular formula is C10H17NO3. The van der Waals surface area contributed by atoms with Crippen molar-refractivity contribution >= 4 is 11.9 Å². The largest absolute Gasteiger partial charge is 0.537 e. The molecule has 80 valence electrons. The molecule has 0 N–H and O–H groups in total. The molecule has 0 aliphatic carbocycles. The predicted molar refractivity (Wildman–Crippen MR) is 50.1 cm³/mol. The van der Waals surface area contributed by atoms with Crippen molar-refractivity contribution in [2.75, 3.05) is 19.7 Å². The lowest BCUT2D eigenvalue weighted by Crippen LogP contribution is -2.36. The first kappa shape index (κ1) is 11.0. The van der Waals surface area contributed by atoms with Gasteiger partial charge >= 0.3 is 5.90 Å². The second-order valence-corrected chi connectivity index (χ2v) is 3.49. The van der Waals surface area contributed by atoms with Gasteiger partial charge in [-0.25, -0.2) is 0 Å². The number of unbranched alkanes of at least 4 members (excludes halogenated alkanes) is 3. The smallest absolute Gasteiger partial charge is 0.386 e. The minimum atomic E-state index is -1.20. The summed E-state index contributed by atoms with van der Waals surface area (Å²) in [4.78, 5) is 10.6. The molecule has 0 spiro atoms. The summed E-state index contributed by atoms with van der Waals surface area (Å²) in [7, 11) is 0. The normalized spacial score (nSPS) is 15.8. The molecule has 0 radical (unpaired) electrons. The zero-order chi connectivity index (χ0) is 10.4. The van der Waals surface area contributed by atoms with Gasteiger partial charge in [0.05, 0.1) is 0 Å². The van der Waals surface area contributed by atoms with Gasteiger partial charge in [0, 0.05) is 6.42 Å². The maximum absolute atomic E-state index is 10.6. The van der Waals surface area contributed by atoms with E-state index < -0.39 is 5.97 Å². The molecule has 0 saturated carbocycles. The average molecular weight is 199 g/mol. The maximum atomic E-state index is 10.6. The Morgan fingerprint density at radius 3 is 2.93 bits per heavy atom. The first-order valence-corrected chi connectivity index (χ1v) is 5.21. The maximum Gasteiger partial charge on any atom is 0.386 e. The Labute approximate surface area is 84.2 Å². The summed E-state index contributed by atoms with van der Waals surface area (Å²) in [5.41, 5.74) is 0. The minimum Gasteiger partial charge on any atom is -0.537 e. The van der Waals surface area contributed by atoms with E-state index in [9.17, 15) is 9.90 Å². The topological polar surface area (TPSA) is 52.4 Å². The summed E-state index contributed by atoms with van der Waals surface area (Å²) in [6, 6.07) is 0. The molecule has 1 rings (SSSR count). The Bertz CT molecular complexity index is 236. The van der Waals surface area contributed by atoms with Crippen LogP contribution in [0.5, 0.6) is 0 Å². The van der Waals surface area contributed by atoms with Gasteiger partial charge in [-0.05, 0) is 6.42 Å². The molecule has 0 aromatic carbocycles. The molecule has 1 heterocycles. The van der Waals surface area contributed by atoms with Crippen molar-refractivity contribution in [2.24, 2.45) is 0 Å². The summed E-state index contributed by atoms with van der Waals surface area (Å²) in [5.74, 6) is -1.18. The van der Waals surface area contributed by atoms with Crippen LogP contribution in [0.25, 0.3) is 0 Å². The molecule has 0 aromatic heterocycles. The van der Waals surface area contributed by atoms with Gasteiger partial charge in [-0.3, -0.25) is 0 Å². The summed E-state index contributed by atoms with van der Waals surface area (Å²) in [5, 5.41) is 10.6. The van der Waals surface area contributed by atoms with Gasteiger partial charge in [0.1, 0.15) is 6.54 Å². The zero-order valence-corrected chi connectivity index (χ0v) is 8.62. The number of carbonyl (C=O) groups is 1. The Balaban J connectivity index is 2.34. The molecule has 4 heteroatoms. The van der Waals surface area contributed by atoms with Crippen molar-refractivity contribution in [3.8, 4) is 0 Å². The van der Waals surface area contributed by atoms with Gasteiger partial charge < -0.3 is 14.6 Å². The first-order valence-electron chi connectivity index (χ1n) is 5.21. The Morgan fingerprint density at radius 1 is 1.50 bits per heavy atom. The molecule has 4 nitrogen and oxygen atoms in total. The fourth-order valence-corrected chi connectivity index (χ4v) is 1.58. The van der Waals surface area contributed by atoms with Crippen molar-refractivity contribution in [1.82, 2.24) is 0 Å². The van der Waals surface area contributed by atoms with Crippen molar-refractivity contribution in [2.45, 2.75) is 32.6 Å². The third-order valence-corrected chi connectivity index (χ3v) is 2.34. The summed E-state index contributed by atoms with van der Waals surface area (Å²) in [6.07, 6.45) is 4.56. The molecule has 0 saturated heterocycles. The lowest BCUT2D eigenvalue weighted by atomic mass is 10.2. The molecular weight excluding hydrogens is 182 g/mol. The average Bonchev–Trinajstić information content (AvgIpc) is 2.60. The summed E-state index contributed by atoms with van der Waals surface area (Å²) in [6.45, 7) is 4.06. The molecule has 0 unspecified atom stereocenters. The van der Waals surface area contributed by atoms with Gasteiger partial charge in [0.15, 0.2) is 19.1 Å². The minimum absolute atomic E-state index is 0.0153. The summed E-state index contributed by atoms with van der Waals surface area (Å²) < 4.78 is 6.72. The summed E-state index contributed by atoms with van der Waals surface area (Å²) >= 11 is 0. The van der Waals surface area contributed by atoms with Gasteiger partial charge in [0.25, 0.3) is 0 Å². The van der Waals surface area contributed by atoms with Crippen LogP contribution >= 0.6 is 0 Å².